The molecule has 8 heteroatoms. The van der Waals surface area contributed by atoms with Crippen molar-refractivity contribution in [2.24, 2.45) is 11.8 Å². The fraction of sp³-hybridized carbons (Fsp3) is 0.583. The molecule has 5 rings (SSSR count). The van der Waals surface area contributed by atoms with E-state index in [1.54, 1.807) is 21.7 Å². The summed E-state index contributed by atoms with van der Waals surface area (Å²) in [6.07, 6.45) is 3.72. The van der Waals surface area contributed by atoms with Gasteiger partial charge in [-0.05, 0) is 44.2 Å². The quantitative estimate of drug-likeness (QED) is 0.677. The van der Waals surface area contributed by atoms with Crippen LogP contribution in [0.5, 0.6) is 0 Å². The maximum absolute atomic E-state index is 13.6. The molecule has 4 aliphatic rings. The van der Waals surface area contributed by atoms with Crippen LogP contribution in [-0.4, -0.2) is 76.7 Å². The molecule has 5 amide bonds. The van der Waals surface area contributed by atoms with Crippen LogP contribution in [0.4, 0.5) is 10.5 Å². The second-order valence-electron chi connectivity index (χ2n) is 9.52. The van der Waals surface area contributed by atoms with Gasteiger partial charge >= 0.3 is 6.03 Å². The molecular formula is C24H30N4O4. The largest absolute Gasteiger partial charge is 0.335 e. The van der Waals surface area contributed by atoms with Gasteiger partial charge in [-0.3, -0.25) is 24.2 Å². The van der Waals surface area contributed by atoms with Gasteiger partial charge < -0.3 is 9.80 Å². The molecule has 0 radical (unpaired) electrons. The standard InChI is InChI=1S/C24H30N4O4/c1-15-20-18(28(21(15)29)22(30)16-10-11-16)12-14-27(20)23(31)19-9-6-13-26(19)24(32)25(2)17-7-4-3-5-8-17/h3-5,7-8,15-16,18-20H,6,9-14H2,1-2H3/t15-,18-,19-,20+/m0/s1. The lowest BCUT2D eigenvalue weighted by molar-refractivity contribution is -0.146. The van der Waals surface area contributed by atoms with Gasteiger partial charge in [-0.25, -0.2) is 4.79 Å². The molecule has 0 aromatic heterocycles. The molecule has 1 aromatic rings. The summed E-state index contributed by atoms with van der Waals surface area (Å²) in [4.78, 5) is 59.0. The summed E-state index contributed by atoms with van der Waals surface area (Å²) >= 11 is 0. The molecule has 8 nitrogen and oxygen atoms in total. The average molecular weight is 439 g/mol. The third kappa shape index (κ3) is 3.27. The van der Waals surface area contributed by atoms with Crippen LogP contribution >= 0.6 is 0 Å². The molecule has 0 N–H and O–H groups in total. The zero-order valence-electron chi connectivity index (χ0n) is 18.6. The third-order valence-corrected chi connectivity index (χ3v) is 7.55. The highest BCUT2D eigenvalue weighted by atomic mass is 16.2. The summed E-state index contributed by atoms with van der Waals surface area (Å²) in [5.74, 6) is -0.730. The first-order valence-electron chi connectivity index (χ1n) is 11.7. The number of nitrogens with zero attached hydrogens (tertiary/aromatic N) is 4. The fourth-order valence-electron chi connectivity index (χ4n) is 5.67. The van der Waals surface area contributed by atoms with Crippen molar-refractivity contribution < 1.29 is 19.2 Å². The van der Waals surface area contributed by atoms with Gasteiger partial charge in [-0.2, -0.15) is 0 Å². The summed E-state index contributed by atoms with van der Waals surface area (Å²) in [5, 5.41) is 0. The third-order valence-electron chi connectivity index (χ3n) is 7.55. The smallest absolute Gasteiger partial charge is 0.324 e. The van der Waals surface area contributed by atoms with Gasteiger partial charge in [-0.1, -0.05) is 25.1 Å². The van der Waals surface area contributed by atoms with Crippen LogP contribution in [-0.2, 0) is 14.4 Å². The van der Waals surface area contributed by atoms with Crippen LogP contribution < -0.4 is 4.90 Å². The Kier molecular flexibility index (Phi) is 5.18. The van der Waals surface area contributed by atoms with E-state index in [4.69, 9.17) is 0 Å². The zero-order valence-corrected chi connectivity index (χ0v) is 18.6. The number of carbonyl (C=O) groups is 4. The first-order chi connectivity index (χ1) is 15.4. The lowest BCUT2D eigenvalue weighted by atomic mass is 10.0. The molecule has 4 atom stereocenters. The number of urea groups is 1. The molecule has 1 aliphatic carbocycles. The van der Waals surface area contributed by atoms with Crippen LogP contribution in [0, 0.1) is 11.8 Å². The zero-order chi connectivity index (χ0) is 22.6. The SMILES string of the molecule is C[C@@H]1C(=O)N(C(=O)C2CC2)[C@H]2CCN(C(=O)[C@@H]3CCCN3C(=O)N(C)c3ccccc3)[C@H]12. The molecule has 3 saturated heterocycles. The van der Waals surface area contributed by atoms with Gasteiger partial charge in [0.1, 0.15) is 6.04 Å². The van der Waals surface area contributed by atoms with Crippen molar-refractivity contribution in [1.29, 1.82) is 0 Å². The summed E-state index contributed by atoms with van der Waals surface area (Å²) in [5.41, 5.74) is 0.779. The number of fused-ring (bicyclic) bond motifs is 1. The van der Waals surface area contributed by atoms with E-state index >= 15 is 0 Å². The number of anilines is 1. The number of rotatable bonds is 3. The molecule has 0 unspecified atom stereocenters. The summed E-state index contributed by atoms with van der Waals surface area (Å²) in [6.45, 7) is 2.88. The Labute approximate surface area is 188 Å². The average Bonchev–Trinajstić information content (AvgIpc) is 3.30. The molecule has 1 saturated carbocycles. The fourth-order valence-corrected chi connectivity index (χ4v) is 5.67. The van der Waals surface area contributed by atoms with Crippen molar-refractivity contribution in [3.05, 3.63) is 30.3 Å². The van der Waals surface area contributed by atoms with E-state index in [0.717, 1.165) is 24.9 Å². The highest BCUT2D eigenvalue weighted by Crippen LogP contribution is 2.41. The van der Waals surface area contributed by atoms with Crippen molar-refractivity contribution in [2.75, 3.05) is 25.0 Å². The highest BCUT2D eigenvalue weighted by Gasteiger charge is 2.57. The topological polar surface area (TPSA) is 81.2 Å². The predicted molar refractivity (Wildman–Crippen MR) is 118 cm³/mol. The van der Waals surface area contributed by atoms with E-state index in [-0.39, 0.29) is 41.8 Å². The Hall–Kier alpha value is -2.90. The number of likely N-dealkylation sites (tertiary alicyclic amines) is 3. The molecule has 170 valence electrons. The van der Waals surface area contributed by atoms with Gasteiger partial charge in [0.05, 0.1) is 18.0 Å². The van der Waals surface area contributed by atoms with Crippen molar-refractivity contribution in [2.45, 2.75) is 57.2 Å². The minimum absolute atomic E-state index is 0.0221. The Balaban J connectivity index is 1.33. The van der Waals surface area contributed by atoms with E-state index in [9.17, 15) is 19.2 Å². The Morgan fingerprint density at radius 2 is 1.66 bits per heavy atom. The molecule has 3 aliphatic heterocycles. The first-order valence-corrected chi connectivity index (χ1v) is 11.7. The minimum Gasteiger partial charge on any atom is -0.335 e. The van der Waals surface area contributed by atoms with Crippen LogP contribution in [0.15, 0.2) is 30.3 Å². The number of carbonyl (C=O) groups excluding carboxylic acids is 4. The number of benzene rings is 1. The van der Waals surface area contributed by atoms with Crippen molar-refractivity contribution in [3.63, 3.8) is 0 Å². The molecule has 0 bridgehead atoms. The monoisotopic (exact) mass is 438 g/mol. The van der Waals surface area contributed by atoms with E-state index < -0.39 is 12.0 Å². The molecule has 3 heterocycles. The molecular weight excluding hydrogens is 408 g/mol. The maximum atomic E-state index is 13.6. The molecule has 0 spiro atoms. The number of amides is 5. The summed E-state index contributed by atoms with van der Waals surface area (Å²) in [6, 6.07) is 8.16. The summed E-state index contributed by atoms with van der Waals surface area (Å²) < 4.78 is 0. The first kappa shape index (κ1) is 21.0. The number of hydrogen-bond donors (Lipinski definition) is 0. The van der Waals surface area contributed by atoms with Gasteiger partial charge in [0.15, 0.2) is 0 Å². The second kappa shape index (κ2) is 7.90. The molecule has 1 aromatic carbocycles. The number of imide groups is 1. The van der Waals surface area contributed by atoms with Gasteiger partial charge in [0.2, 0.25) is 17.7 Å². The second-order valence-corrected chi connectivity index (χ2v) is 9.52. The van der Waals surface area contributed by atoms with Gasteiger partial charge in [-0.15, -0.1) is 0 Å². The lowest BCUT2D eigenvalue weighted by Gasteiger charge is -2.34. The highest BCUT2D eigenvalue weighted by molar-refractivity contribution is 6.02. The van der Waals surface area contributed by atoms with Crippen LogP contribution in [0.3, 0.4) is 0 Å². The van der Waals surface area contributed by atoms with Crippen LogP contribution in [0.2, 0.25) is 0 Å². The van der Waals surface area contributed by atoms with Gasteiger partial charge in [0, 0.05) is 31.7 Å². The maximum Gasteiger partial charge on any atom is 0.324 e. The van der Waals surface area contributed by atoms with Crippen molar-refractivity contribution in [3.8, 4) is 0 Å². The predicted octanol–water partition coefficient (Wildman–Crippen LogP) is 2.09. The Morgan fingerprint density at radius 3 is 2.34 bits per heavy atom. The normalized spacial score (nSPS) is 29.4. The van der Waals surface area contributed by atoms with Gasteiger partial charge in [0.25, 0.3) is 0 Å². The number of para-hydroxylation sites is 1. The van der Waals surface area contributed by atoms with Crippen LogP contribution in [0.1, 0.15) is 39.0 Å². The minimum atomic E-state index is -0.525. The molecule has 32 heavy (non-hydrogen) atoms. The van der Waals surface area contributed by atoms with Crippen LogP contribution in [0.25, 0.3) is 0 Å². The van der Waals surface area contributed by atoms with Crippen molar-refractivity contribution >= 4 is 29.4 Å². The Bertz CT molecular complexity index is 947. The summed E-state index contributed by atoms with van der Waals surface area (Å²) in [7, 11) is 1.72. The van der Waals surface area contributed by atoms with E-state index in [1.165, 1.54) is 4.90 Å². The van der Waals surface area contributed by atoms with E-state index in [0.29, 0.717) is 25.9 Å². The Morgan fingerprint density at radius 1 is 0.938 bits per heavy atom. The number of hydrogen-bond acceptors (Lipinski definition) is 4. The molecule has 4 fully saturated rings. The van der Waals surface area contributed by atoms with E-state index in [1.807, 2.05) is 37.3 Å². The lowest BCUT2D eigenvalue weighted by Crippen LogP contribution is -2.53. The van der Waals surface area contributed by atoms with E-state index in [2.05, 4.69) is 0 Å². The van der Waals surface area contributed by atoms with Crippen molar-refractivity contribution in [1.82, 2.24) is 14.7 Å².